The van der Waals surface area contributed by atoms with Crippen LogP contribution in [0.5, 0.6) is 0 Å². The molecule has 1 aliphatic heterocycles. The van der Waals surface area contributed by atoms with Gasteiger partial charge in [-0.15, -0.1) is 0 Å². The highest BCUT2D eigenvalue weighted by molar-refractivity contribution is 5.99. The third-order valence-corrected chi connectivity index (χ3v) is 5.20. The summed E-state index contributed by atoms with van der Waals surface area (Å²) in [7, 11) is 1.90. The number of para-hydroxylation sites is 1. The van der Waals surface area contributed by atoms with Crippen LogP contribution in [0, 0.1) is 0 Å². The van der Waals surface area contributed by atoms with Crippen molar-refractivity contribution in [2.24, 2.45) is 7.05 Å². The Kier molecular flexibility index (Phi) is 3.81. The molecule has 0 aliphatic carbocycles. The topological polar surface area (TPSA) is 79.5 Å². The molecule has 0 radical (unpaired) electrons. The van der Waals surface area contributed by atoms with E-state index in [4.69, 9.17) is 5.21 Å². The summed E-state index contributed by atoms with van der Waals surface area (Å²) in [6.07, 6.45) is 1.70. The number of amides is 2. The van der Waals surface area contributed by atoms with E-state index in [2.05, 4.69) is 0 Å². The summed E-state index contributed by atoms with van der Waals surface area (Å²) in [4.78, 5) is 26.7. The second kappa shape index (κ2) is 6.03. The summed E-state index contributed by atoms with van der Waals surface area (Å²) in [5, 5.41) is 9.86. The molecule has 0 fully saturated rings. The number of benzene rings is 1. The van der Waals surface area contributed by atoms with Crippen LogP contribution in [0.25, 0.3) is 10.9 Å². The number of nitrogens with zero attached hydrogens (tertiary/aromatic N) is 3. The normalized spacial score (nSPS) is 16.6. The molecule has 1 aliphatic rings. The molecule has 134 valence electrons. The van der Waals surface area contributed by atoms with E-state index in [1.54, 1.807) is 17.7 Å². The number of hydroxylamine groups is 1. The van der Waals surface area contributed by atoms with Gasteiger partial charge < -0.3 is 14.0 Å². The molecule has 3 heterocycles. The van der Waals surface area contributed by atoms with Crippen LogP contribution in [-0.2, 0) is 13.6 Å². The molecule has 4 rings (SSSR count). The number of hydrogen-bond acceptors (Lipinski definition) is 3. The van der Waals surface area contributed by atoms with E-state index in [0.29, 0.717) is 24.3 Å². The number of rotatable bonds is 2. The first-order chi connectivity index (χ1) is 12.5. The minimum atomic E-state index is -0.550. The Morgan fingerprint density at radius 2 is 1.96 bits per heavy atom. The zero-order valence-electron chi connectivity index (χ0n) is 14.6. The zero-order chi connectivity index (χ0) is 18.4. The van der Waals surface area contributed by atoms with Crippen LogP contribution in [0.15, 0.2) is 42.6 Å². The second-order valence-electron chi connectivity index (χ2n) is 6.61. The van der Waals surface area contributed by atoms with Crippen LogP contribution in [0.2, 0.25) is 0 Å². The molecule has 0 bridgehead atoms. The molecule has 1 atom stereocenters. The van der Waals surface area contributed by atoms with Crippen LogP contribution in [0.4, 0.5) is 0 Å². The van der Waals surface area contributed by atoms with Gasteiger partial charge >= 0.3 is 0 Å². The number of aromatic nitrogens is 2. The summed E-state index contributed by atoms with van der Waals surface area (Å²) < 4.78 is 3.88. The largest absolute Gasteiger partial charge is 0.347 e. The predicted octanol–water partition coefficient (Wildman–Crippen LogP) is 2.32. The highest BCUT2D eigenvalue weighted by Gasteiger charge is 2.31. The van der Waals surface area contributed by atoms with Gasteiger partial charge in [-0.1, -0.05) is 18.2 Å². The van der Waals surface area contributed by atoms with Gasteiger partial charge in [-0.2, -0.15) is 0 Å². The Balaban J connectivity index is 1.68. The first-order valence-corrected chi connectivity index (χ1v) is 8.51. The van der Waals surface area contributed by atoms with E-state index in [1.807, 2.05) is 58.3 Å². The molecule has 1 unspecified atom stereocenters. The van der Waals surface area contributed by atoms with Crippen LogP contribution < -0.4 is 5.48 Å². The average Bonchev–Trinajstić information content (AvgIpc) is 3.23. The summed E-state index contributed by atoms with van der Waals surface area (Å²) in [5.41, 5.74) is 4.57. The molecule has 2 amide bonds. The first kappa shape index (κ1) is 16.4. The molecular formula is C19H20N4O3. The Morgan fingerprint density at radius 3 is 2.69 bits per heavy atom. The smallest absolute Gasteiger partial charge is 0.276 e. The maximum atomic E-state index is 13.2. The quantitative estimate of drug-likeness (QED) is 0.549. The van der Waals surface area contributed by atoms with Crippen LogP contribution in [0.3, 0.4) is 0 Å². The van der Waals surface area contributed by atoms with Crippen LogP contribution in [0.1, 0.15) is 39.5 Å². The van der Waals surface area contributed by atoms with Crippen LogP contribution in [-0.4, -0.2) is 37.6 Å². The molecule has 7 nitrogen and oxygen atoms in total. The number of fused-ring (bicyclic) bond motifs is 2. The van der Waals surface area contributed by atoms with E-state index in [-0.39, 0.29) is 11.9 Å². The maximum Gasteiger partial charge on any atom is 0.276 e. The summed E-state index contributed by atoms with van der Waals surface area (Å²) in [6.45, 7) is 3.11. The van der Waals surface area contributed by atoms with Crippen molar-refractivity contribution in [2.45, 2.75) is 19.5 Å². The van der Waals surface area contributed by atoms with Gasteiger partial charge in [0.15, 0.2) is 0 Å². The lowest BCUT2D eigenvalue weighted by atomic mass is 10.1. The Morgan fingerprint density at radius 1 is 1.19 bits per heavy atom. The monoisotopic (exact) mass is 352 g/mol. The SMILES string of the molecule is CC1c2cc(C(=O)NO)cn2CCN1C(=O)c1cc2ccccc2n1C. The summed E-state index contributed by atoms with van der Waals surface area (Å²) in [5.74, 6) is -0.581. The van der Waals surface area contributed by atoms with Gasteiger partial charge in [0.1, 0.15) is 5.69 Å². The third kappa shape index (κ3) is 2.40. The zero-order valence-corrected chi connectivity index (χ0v) is 14.6. The number of nitrogens with one attached hydrogen (secondary N) is 1. The van der Waals surface area contributed by atoms with Crippen molar-refractivity contribution in [3.05, 3.63) is 59.5 Å². The van der Waals surface area contributed by atoms with Gasteiger partial charge in [0.25, 0.3) is 11.8 Å². The van der Waals surface area contributed by atoms with E-state index in [9.17, 15) is 9.59 Å². The summed E-state index contributed by atoms with van der Waals surface area (Å²) >= 11 is 0. The molecule has 0 spiro atoms. The molecule has 3 aromatic rings. The van der Waals surface area contributed by atoms with Gasteiger partial charge in [0.2, 0.25) is 0 Å². The fourth-order valence-electron chi connectivity index (χ4n) is 3.75. The highest BCUT2D eigenvalue weighted by atomic mass is 16.5. The lowest BCUT2D eigenvalue weighted by Gasteiger charge is -2.35. The minimum absolute atomic E-state index is 0.0307. The van der Waals surface area contributed by atoms with Crippen molar-refractivity contribution in [1.82, 2.24) is 19.5 Å². The van der Waals surface area contributed by atoms with Crippen molar-refractivity contribution in [1.29, 1.82) is 0 Å². The predicted molar refractivity (Wildman–Crippen MR) is 96.1 cm³/mol. The fraction of sp³-hybridized carbons (Fsp3) is 0.263. The molecule has 1 aromatic carbocycles. The maximum absolute atomic E-state index is 13.2. The Hall–Kier alpha value is -3.06. The van der Waals surface area contributed by atoms with E-state index >= 15 is 0 Å². The Bertz CT molecular complexity index is 1020. The standard InChI is InChI=1S/C19H20N4O3/c1-12-16-10-14(18(24)20-26)11-22(16)7-8-23(12)19(25)17-9-13-5-3-4-6-15(13)21(17)2/h3-6,9-12,26H,7-8H2,1-2H3,(H,20,24). The van der Waals surface area contributed by atoms with Gasteiger partial charge in [0.05, 0.1) is 11.6 Å². The third-order valence-electron chi connectivity index (χ3n) is 5.20. The van der Waals surface area contributed by atoms with E-state index < -0.39 is 5.91 Å². The minimum Gasteiger partial charge on any atom is -0.347 e. The van der Waals surface area contributed by atoms with Gasteiger partial charge in [-0.25, -0.2) is 5.48 Å². The molecule has 0 saturated heterocycles. The van der Waals surface area contributed by atoms with Gasteiger partial charge in [0, 0.05) is 42.9 Å². The number of carbonyl (C=O) groups excluding carboxylic acids is 2. The van der Waals surface area contributed by atoms with Crippen molar-refractivity contribution in [3.8, 4) is 0 Å². The Labute approximate surface area is 150 Å². The first-order valence-electron chi connectivity index (χ1n) is 8.51. The second-order valence-corrected chi connectivity index (χ2v) is 6.61. The van der Waals surface area contributed by atoms with Crippen LogP contribution >= 0.6 is 0 Å². The molecule has 2 N–H and O–H groups in total. The molecule has 26 heavy (non-hydrogen) atoms. The highest BCUT2D eigenvalue weighted by Crippen LogP contribution is 2.29. The molecule has 2 aromatic heterocycles. The molecular weight excluding hydrogens is 332 g/mol. The number of aryl methyl sites for hydroxylation is 1. The molecule has 7 heteroatoms. The molecule has 0 saturated carbocycles. The van der Waals surface area contributed by atoms with Crippen molar-refractivity contribution >= 4 is 22.7 Å². The fourth-order valence-corrected chi connectivity index (χ4v) is 3.75. The van der Waals surface area contributed by atoms with Gasteiger partial charge in [-0.3, -0.25) is 14.8 Å². The number of carbonyl (C=O) groups is 2. The van der Waals surface area contributed by atoms with E-state index in [0.717, 1.165) is 16.6 Å². The lowest BCUT2D eigenvalue weighted by molar-refractivity contribution is 0.0634. The van der Waals surface area contributed by atoms with Crippen molar-refractivity contribution < 1.29 is 14.8 Å². The average molecular weight is 352 g/mol. The van der Waals surface area contributed by atoms with E-state index in [1.165, 1.54) is 0 Å². The summed E-state index contributed by atoms with van der Waals surface area (Å²) in [6, 6.07) is 11.4. The lowest BCUT2D eigenvalue weighted by Crippen LogP contribution is -2.41. The van der Waals surface area contributed by atoms with Gasteiger partial charge in [-0.05, 0) is 25.1 Å². The van der Waals surface area contributed by atoms with Crippen molar-refractivity contribution in [3.63, 3.8) is 0 Å². The van der Waals surface area contributed by atoms with Crippen molar-refractivity contribution in [2.75, 3.05) is 6.54 Å². The number of hydrogen-bond donors (Lipinski definition) is 2.